The third-order valence-electron chi connectivity index (χ3n) is 5.90. The molecule has 2 fully saturated rings. The summed E-state index contributed by atoms with van der Waals surface area (Å²) in [5.41, 5.74) is 1.07. The van der Waals surface area contributed by atoms with E-state index in [1.165, 1.54) is 0 Å². The maximum Gasteiger partial charge on any atom is 0.242 e. The molecule has 164 valence electrons. The third-order valence-corrected chi connectivity index (χ3v) is 6.15. The molecule has 0 radical (unpaired) electrons. The number of likely N-dealkylation sites (tertiary alicyclic amines) is 1. The van der Waals surface area contributed by atoms with Crippen LogP contribution in [0.1, 0.15) is 38.2 Å². The molecule has 0 saturated carbocycles. The SMILES string of the molecule is CCC(CCNC(=NC)N1CCN(Cc2ccc(Cl)cc2)C(=O)C1)N1CCCC1=O. The molecule has 2 amide bonds. The standard InChI is InChI=1S/C22H32ClN5O2/c1-3-19(28-12-4-5-20(28)29)10-11-25-22(24-2)27-14-13-26(21(30)16-27)15-17-6-8-18(23)9-7-17/h6-9,19H,3-5,10-16H2,1-2H3,(H,24,25). The van der Waals surface area contributed by atoms with Crippen LogP contribution in [0.5, 0.6) is 0 Å². The van der Waals surface area contributed by atoms with Crippen molar-refractivity contribution in [3.05, 3.63) is 34.9 Å². The highest BCUT2D eigenvalue weighted by atomic mass is 35.5. The Hall–Kier alpha value is -2.28. The van der Waals surface area contributed by atoms with Crippen LogP contribution >= 0.6 is 11.6 Å². The fourth-order valence-electron chi connectivity index (χ4n) is 4.19. The zero-order valence-corrected chi connectivity index (χ0v) is 18.7. The van der Waals surface area contributed by atoms with Gasteiger partial charge in [-0.3, -0.25) is 14.6 Å². The highest BCUT2D eigenvalue weighted by Gasteiger charge is 2.28. The lowest BCUT2D eigenvalue weighted by Crippen LogP contribution is -2.55. The van der Waals surface area contributed by atoms with Gasteiger partial charge in [0.1, 0.15) is 0 Å². The summed E-state index contributed by atoms with van der Waals surface area (Å²) in [7, 11) is 1.74. The van der Waals surface area contributed by atoms with Gasteiger partial charge in [-0.05, 0) is 37.0 Å². The Morgan fingerprint density at radius 1 is 1.17 bits per heavy atom. The molecule has 2 heterocycles. The molecule has 30 heavy (non-hydrogen) atoms. The second kappa shape index (κ2) is 10.7. The predicted octanol–water partition coefficient (Wildman–Crippen LogP) is 2.35. The van der Waals surface area contributed by atoms with E-state index >= 15 is 0 Å². The maximum atomic E-state index is 12.7. The number of halogens is 1. The molecule has 2 saturated heterocycles. The second-order valence-electron chi connectivity index (χ2n) is 7.88. The lowest BCUT2D eigenvalue weighted by atomic mass is 10.1. The number of hydrogen-bond acceptors (Lipinski definition) is 3. The number of nitrogens with zero attached hydrogens (tertiary/aromatic N) is 4. The molecule has 0 aliphatic carbocycles. The highest BCUT2D eigenvalue weighted by Crippen LogP contribution is 2.18. The van der Waals surface area contributed by atoms with Gasteiger partial charge in [-0.15, -0.1) is 0 Å². The number of nitrogens with one attached hydrogen (secondary N) is 1. The number of amides is 2. The molecule has 2 aliphatic rings. The van der Waals surface area contributed by atoms with Crippen molar-refractivity contribution in [3.63, 3.8) is 0 Å². The predicted molar refractivity (Wildman–Crippen MR) is 119 cm³/mol. The third kappa shape index (κ3) is 5.65. The number of piperazine rings is 1. The maximum absolute atomic E-state index is 12.7. The van der Waals surface area contributed by atoms with Crippen LogP contribution < -0.4 is 5.32 Å². The molecular weight excluding hydrogens is 402 g/mol. The van der Waals surface area contributed by atoms with Gasteiger partial charge in [-0.25, -0.2) is 0 Å². The van der Waals surface area contributed by atoms with Gasteiger partial charge in [-0.1, -0.05) is 30.7 Å². The summed E-state index contributed by atoms with van der Waals surface area (Å²) < 4.78 is 0. The number of guanidine groups is 1. The van der Waals surface area contributed by atoms with Crippen molar-refractivity contribution in [1.29, 1.82) is 0 Å². The Balaban J connectivity index is 1.47. The normalized spacial score (nSPS) is 18.9. The van der Waals surface area contributed by atoms with Crippen molar-refractivity contribution in [2.24, 2.45) is 4.99 Å². The van der Waals surface area contributed by atoms with E-state index in [1.807, 2.05) is 39.0 Å². The molecule has 8 heteroatoms. The fraction of sp³-hybridized carbons (Fsp3) is 0.591. The van der Waals surface area contributed by atoms with Gasteiger partial charge in [0, 0.05) is 57.3 Å². The van der Waals surface area contributed by atoms with Crippen molar-refractivity contribution in [2.45, 2.75) is 45.2 Å². The number of rotatable bonds is 7. The molecule has 1 atom stereocenters. The van der Waals surface area contributed by atoms with Crippen molar-refractivity contribution in [2.75, 3.05) is 39.8 Å². The number of hydrogen-bond donors (Lipinski definition) is 1. The lowest BCUT2D eigenvalue weighted by Gasteiger charge is -2.36. The average Bonchev–Trinajstić information content (AvgIpc) is 3.17. The zero-order valence-electron chi connectivity index (χ0n) is 17.9. The van der Waals surface area contributed by atoms with Crippen molar-refractivity contribution in [3.8, 4) is 0 Å². The van der Waals surface area contributed by atoms with Crippen LogP contribution in [0, 0.1) is 0 Å². The molecule has 7 nitrogen and oxygen atoms in total. The number of carbonyl (C=O) groups is 2. The average molecular weight is 434 g/mol. The van der Waals surface area contributed by atoms with Crippen LogP contribution in [-0.4, -0.2) is 78.3 Å². The van der Waals surface area contributed by atoms with Crippen molar-refractivity contribution in [1.82, 2.24) is 20.0 Å². The topological polar surface area (TPSA) is 68.2 Å². The molecule has 0 bridgehead atoms. The number of carbonyl (C=O) groups excluding carboxylic acids is 2. The monoisotopic (exact) mass is 433 g/mol. The summed E-state index contributed by atoms with van der Waals surface area (Å²) in [6, 6.07) is 7.88. The van der Waals surface area contributed by atoms with Crippen LogP contribution in [0.2, 0.25) is 5.02 Å². The summed E-state index contributed by atoms with van der Waals surface area (Å²) >= 11 is 5.94. The van der Waals surface area contributed by atoms with E-state index in [1.54, 1.807) is 7.05 Å². The molecule has 1 aromatic carbocycles. The van der Waals surface area contributed by atoms with Crippen molar-refractivity contribution < 1.29 is 9.59 Å². The van der Waals surface area contributed by atoms with E-state index in [9.17, 15) is 9.59 Å². The summed E-state index contributed by atoms with van der Waals surface area (Å²) in [5.74, 6) is 1.11. The van der Waals surface area contributed by atoms with Crippen LogP contribution in [0.3, 0.4) is 0 Å². The van der Waals surface area contributed by atoms with E-state index in [-0.39, 0.29) is 17.9 Å². The molecule has 3 rings (SSSR count). The molecule has 1 N–H and O–H groups in total. The fourth-order valence-corrected chi connectivity index (χ4v) is 4.31. The van der Waals surface area contributed by atoms with Crippen LogP contribution in [0.15, 0.2) is 29.3 Å². The summed E-state index contributed by atoms with van der Waals surface area (Å²) in [6.45, 7) is 6.03. The van der Waals surface area contributed by atoms with Gasteiger partial charge in [-0.2, -0.15) is 0 Å². The van der Waals surface area contributed by atoms with Gasteiger partial charge < -0.3 is 20.0 Å². The molecular formula is C22H32ClN5O2. The van der Waals surface area contributed by atoms with Gasteiger partial charge in [0.05, 0.1) is 6.54 Å². The smallest absolute Gasteiger partial charge is 0.242 e. The van der Waals surface area contributed by atoms with Gasteiger partial charge in [0.25, 0.3) is 0 Å². The minimum Gasteiger partial charge on any atom is -0.356 e. The Morgan fingerprint density at radius 3 is 2.53 bits per heavy atom. The Morgan fingerprint density at radius 2 is 1.93 bits per heavy atom. The van der Waals surface area contributed by atoms with Gasteiger partial charge in [0.2, 0.25) is 11.8 Å². The van der Waals surface area contributed by atoms with E-state index in [4.69, 9.17) is 11.6 Å². The minimum absolute atomic E-state index is 0.0910. The second-order valence-corrected chi connectivity index (χ2v) is 8.32. The van der Waals surface area contributed by atoms with Crippen LogP contribution in [-0.2, 0) is 16.1 Å². The largest absolute Gasteiger partial charge is 0.356 e. The first-order valence-electron chi connectivity index (χ1n) is 10.8. The molecule has 2 aliphatic heterocycles. The van der Waals surface area contributed by atoms with Crippen LogP contribution in [0.25, 0.3) is 0 Å². The van der Waals surface area contributed by atoms with Crippen LogP contribution in [0.4, 0.5) is 0 Å². The number of benzene rings is 1. The first-order chi connectivity index (χ1) is 14.5. The summed E-state index contributed by atoms with van der Waals surface area (Å²) in [6.07, 6.45) is 3.47. The van der Waals surface area contributed by atoms with Gasteiger partial charge in [0.15, 0.2) is 5.96 Å². The minimum atomic E-state index is 0.0910. The Bertz CT molecular complexity index is 767. The van der Waals surface area contributed by atoms with E-state index in [2.05, 4.69) is 17.2 Å². The highest BCUT2D eigenvalue weighted by molar-refractivity contribution is 6.30. The first kappa shape index (κ1) is 22.4. The van der Waals surface area contributed by atoms with E-state index in [0.717, 1.165) is 50.4 Å². The van der Waals surface area contributed by atoms with E-state index in [0.29, 0.717) is 31.1 Å². The quantitative estimate of drug-likeness (QED) is 0.529. The van der Waals surface area contributed by atoms with E-state index < -0.39 is 0 Å². The molecule has 0 spiro atoms. The zero-order chi connectivity index (χ0) is 21.5. The van der Waals surface area contributed by atoms with Gasteiger partial charge >= 0.3 is 0 Å². The van der Waals surface area contributed by atoms with Crippen molar-refractivity contribution >= 4 is 29.4 Å². The molecule has 0 aromatic heterocycles. The summed E-state index contributed by atoms with van der Waals surface area (Å²) in [4.78, 5) is 34.9. The lowest BCUT2D eigenvalue weighted by molar-refractivity contribution is -0.135. The number of aliphatic imine (C=N–C) groups is 1. The molecule has 1 unspecified atom stereocenters. The Kier molecular flexibility index (Phi) is 7.96. The Labute approximate surface area is 184 Å². The summed E-state index contributed by atoms with van der Waals surface area (Å²) in [5, 5.41) is 4.08. The molecule has 1 aromatic rings. The first-order valence-corrected chi connectivity index (χ1v) is 11.2.